The molecule has 6 heteroatoms. The van der Waals surface area contributed by atoms with Crippen molar-refractivity contribution in [2.45, 2.75) is 0 Å². The summed E-state index contributed by atoms with van der Waals surface area (Å²) in [6.45, 7) is 0. The Morgan fingerprint density at radius 2 is 1.91 bits per heavy atom. The molecule has 0 fully saturated rings. The van der Waals surface area contributed by atoms with Crippen LogP contribution in [-0.2, 0) is 0 Å². The Balaban J connectivity index is 1.98. The highest BCUT2D eigenvalue weighted by atomic mass is 79.9. The SMILES string of the molecule is O=Cc1cc(Br)ccc1OC(=O)c1cc2ccccc2c(=O)s1. The van der Waals surface area contributed by atoms with E-state index in [9.17, 15) is 14.4 Å². The number of aldehydes is 1. The van der Waals surface area contributed by atoms with E-state index < -0.39 is 5.97 Å². The Hall–Kier alpha value is -2.31. The predicted molar refractivity (Wildman–Crippen MR) is 92.6 cm³/mol. The molecule has 1 heterocycles. The number of ether oxygens (including phenoxy) is 1. The monoisotopic (exact) mass is 388 g/mol. The molecule has 0 aliphatic rings. The molecule has 2 aromatic carbocycles. The normalized spacial score (nSPS) is 10.5. The fourth-order valence-electron chi connectivity index (χ4n) is 2.09. The molecule has 0 saturated carbocycles. The fourth-order valence-corrected chi connectivity index (χ4v) is 3.27. The minimum atomic E-state index is -0.664. The molecule has 0 radical (unpaired) electrons. The number of carbonyl (C=O) groups is 2. The van der Waals surface area contributed by atoms with E-state index in [0.29, 0.717) is 21.5 Å². The van der Waals surface area contributed by atoms with Gasteiger partial charge in [-0.15, -0.1) is 0 Å². The van der Waals surface area contributed by atoms with Gasteiger partial charge in [0.1, 0.15) is 10.6 Å². The van der Waals surface area contributed by atoms with Crippen molar-refractivity contribution in [3.05, 3.63) is 73.0 Å². The summed E-state index contributed by atoms with van der Waals surface area (Å²) in [7, 11) is 0. The van der Waals surface area contributed by atoms with Crippen LogP contribution in [-0.4, -0.2) is 12.3 Å². The summed E-state index contributed by atoms with van der Waals surface area (Å²) in [5, 5.41) is 1.24. The summed E-state index contributed by atoms with van der Waals surface area (Å²) in [4.78, 5) is 35.6. The van der Waals surface area contributed by atoms with Gasteiger partial charge in [0.25, 0.3) is 0 Å². The van der Waals surface area contributed by atoms with E-state index in [1.54, 1.807) is 42.5 Å². The molecular formula is C17H9BrO4S. The third-order valence-corrected chi connectivity index (χ3v) is 4.58. The molecule has 0 aliphatic heterocycles. The van der Waals surface area contributed by atoms with Crippen LogP contribution < -0.4 is 9.48 Å². The minimum Gasteiger partial charge on any atom is -0.422 e. The van der Waals surface area contributed by atoms with Gasteiger partial charge in [-0.3, -0.25) is 9.59 Å². The molecule has 3 rings (SSSR count). The van der Waals surface area contributed by atoms with E-state index in [2.05, 4.69) is 15.9 Å². The average molecular weight is 389 g/mol. The summed E-state index contributed by atoms with van der Waals surface area (Å²) in [5.41, 5.74) is 0.251. The minimum absolute atomic E-state index is 0.154. The summed E-state index contributed by atoms with van der Waals surface area (Å²) >= 11 is 4.07. The largest absolute Gasteiger partial charge is 0.422 e. The molecule has 0 saturated heterocycles. The van der Waals surface area contributed by atoms with E-state index in [1.165, 1.54) is 6.07 Å². The van der Waals surface area contributed by atoms with Crippen molar-refractivity contribution in [1.82, 2.24) is 0 Å². The van der Waals surface area contributed by atoms with Crippen LogP contribution in [0.5, 0.6) is 5.75 Å². The number of carbonyl (C=O) groups excluding carboxylic acids is 2. The molecule has 0 spiro atoms. The number of hydrogen-bond acceptors (Lipinski definition) is 5. The topological polar surface area (TPSA) is 60.4 Å². The second kappa shape index (κ2) is 6.44. The number of benzene rings is 2. The van der Waals surface area contributed by atoms with Crippen LogP contribution in [0.1, 0.15) is 20.0 Å². The van der Waals surface area contributed by atoms with Crippen LogP contribution in [0.15, 0.2) is 57.8 Å². The van der Waals surface area contributed by atoms with Gasteiger partial charge >= 0.3 is 5.97 Å². The van der Waals surface area contributed by atoms with Gasteiger partial charge in [-0.1, -0.05) is 45.5 Å². The van der Waals surface area contributed by atoms with Crippen LogP contribution >= 0.6 is 27.3 Å². The molecule has 114 valence electrons. The van der Waals surface area contributed by atoms with Gasteiger partial charge in [0.15, 0.2) is 6.29 Å². The quantitative estimate of drug-likeness (QED) is 0.385. The molecule has 23 heavy (non-hydrogen) atoms. The van der Waals surface area contributed by atoms with Crippen LogP contribution in [0.4, 0.5) is 0 Å². The summed E-state index contributed by atoms with van der Waals surface area (Å²) in [5.74, 6) is -0.510. The number of hydrogen-bond donors (Lipinski definition) is 0. The number of rotatable bonds is 3. The van der Waals surface area contributed by atoms with Crippen LogP contribution in [0.2, 0.25) is 0 Å². The molecule has 0 unspecified atom stereocenters. The molecular weight excluding hydrogens is 380 g/mol. The lowest BCUT2D eigenvalue weighted by molar-refractivity contribution is 0.0738. The highest BCUT2D eigenvalue weighted by Gasteiger charge is 2.15. The van der Waals surface area contributed by atoms with E-state index in [1.807, 2.05) is 0 Å². The first-order chi connectivity index (χ1) is 11.1. The average Bonchev–Trinajstić information content (AvgIpc) is 2.56. The maximum Gasteiger partial charge on any atom is 0.353 e. The lowest BCUT2D eigenvalue weighted by Crippen LogP contribution is -2.11. The fraction of sp³-hybridized carbons (Fsp3) is 0. The third kappa shape index (κ3) is 3.23. The Labute approximate surface area is 143 Å². The first-order valence-electron chi connectivity index (χ1n) is 6.58. The Kier molecular flexibility index (Phi) is 4.36. The van der Waals surface area contributed by atoms with E-state index in [4.69, 9.17) is 4.74 Å². The highest BCUT2D eigenvalue weighted by Crippen LogP contribution is 2.23. The second-order valence-corrected chi connectivity index (χ2v) is 6.61. The van der Waals surface area contributed by atoms with Gasteiger partial charge in [0, 0.05) is 9.86 Å². The van der Waals surface area contributed by atoms with Crippen LogP contribution in [0.25, 0.3) is 10.8 Å². The number of halogens is 1. The highest BCUT2D eigenvalue weighted by molar-refractivity contribution is 9.10. The van der Waals surface area contributed by atoms with Gasteiger partial charge < -0.3 is 4.74 Å². The maximum absolute atomic E-state index is 12.3. The first-order valence-corrected chi connectivity index (χ1v) is 8.19. The van der Waals surface area contributed by atoms with Crippen molar-refractivity contribution in [2.75, 3.05) is 0 Å². The van der Waals surface area contributed by atoms with Gasteiger partial charge in [0.05, 0.1) is 5.56 Å². The van der Waals surface area contributed by atoms with E-state index >= 15 is 0 Å². The maximum atomic E-state index is 12.3. The second-order valence-electron chi connectivity index (χ2n) is 4.67. The van der Waals surface area contributed by atoms with Crippen molar-refractivity contribution < 1.29 is 14.3 Å². The standard InChI is InChI=1S/C17H9BrO4S/c18-12-5-6-14(11(7-12)9-19)22-16(20)15-8-10-3-1-2-4-13(10)17(21)23-15/h1-9H. The van der Waals surface area contributed by atoms with Crippen molar-refractivity contribution in [1.29, 1.82) is 0 Å². The molecule has 0 amide bonds. The van der Waals surface area contributed by atoms with Gasteiger partial charge in [-0.05, 0) is 35.7 Å². The van der Waals surface area contributed by atoms with Gasteiger partial charge in [-0.25, -0.2) is 4.79 Å². The molecule has 1 aromatic heterocycles. The predicted octanol–water partition coefficient (Wildman–Crippen LogP) is 4.06. The molecule has 0 bridgehead atoms. The summed E-state index contributed by atoms with van der Waals surface area (Å²) < 4.78 is 5.76. The molecule has 0 aliphatic carbocycles. The van der Waals surface area contributed by atoms with Crippen LogP contribution in [0, 0.1) is 0 Å². The summed E-state index contributed by atoms with van der Waals surface area (Å²) in [6, 6.07) is 13.4. The van der Waals surface area contributed by atoms with E-state index in [-0.39, 0.29) is 20.9 Å². The number of esters is 1. The zero-order valence-electron chi connectivity index (χ0n) is 11.6. The third-order valence-electron chi connectivity index (χ3n) is 3.17. The van der Waals surface area contributed by atoms with Crippen molar-refractivity contribution in [3.8, 4) is 5.75 Å². The lowest BCUT2D eigenvalue weighted by atomic mass is 10.2. The molecule has 3 aromatic rings. The van der Waals surface area contributed by atoms with E-state index in [0.717, 1.165) is 11.3 Å². The van der Waals surface area contributed by atoms with Crippen molar-refractivity contribution in [2.24, 2.45) is 0 Å². The van der Waals surface area contributed by atoms with Crippen molar-refractivity contribution >= 4 is 50.3 Å². The Morgan fingerprint density at radius 3 is 2.70 bits per heavy atom. The van der Waals surface area contributed by atoms with Gasteiger partial charge in [0.2, 0.25) is 4.74 Å². The zero-order chi connectivity index (χ0) is 16.4. The molecule has 4 nitrogen and oxygen atoms in total. The molecule has 0 N–H and O–H groups in total. The Bertz CT molecular complexity index is 978. The molecule has 0 atom stereocenters. The lowest BCUT2D eigenvalue weighted by Gasteiger charge is -2.07. The number of fused-ring (bicyclic) bond motifs is 1. The Morgan fingerprint density at radius 1 is 1.13 bits per heavy atom. The zero-order valence-corrected chi connectivity index (χ0v) is 14.0. The van der Waals surface area contributed by atoms with Crippen molar-refractivity contribution in [3.63, 3.8) is 0 Å². The van der Waals surface area contributed by atoms with Gasteiger partial charge in [-0.2, -0.15) is 0 Å². The smallest absolute Gasteiger partial charge is 0.353 e. The first kappa shape index (κ1) is 15.6. The summed E-state index contributed by atoms with van der Waals surface area (Å²) in [6.07, 6.45) is 0.607. The van der Waals surface area contributed by atoms with Crippen LogP contribution in [0.3, 0.4) is 0 Å².